The van der Waals surface area contributed by atoms with Crippen molar-refractivity contribution in [2.24, 2.45) is 4.99 Å². The third kappa shape index (κ3) is 2.19. The zero-order chi connectivity index (χ0) is 13.4. The van der Waals surface area contributed by atoms with Gasteiger partial charge in [-0.25, -0.2) is 9.79 Å². The first-order valence-electron chi connectivity index (χ1n) is 5.50. The lowest BCUT2D eigenvalue weighted by Gasteiger charge is -1.95. The van der Waals surface area contributed by atoms with Crippen LogP contribution in [-0.4, -0.2) is 21.5 Å². The van der Waals surface area contributed by atoms with Gasteiger partial charge >= 0.3 is 5.97 Å². The van der Waals surface area contributed by atoms with Gasteiger partial charge in [0.2, 0.25) is 5.90 Å². The van der Waals surface area contributed by atoms with E-state index in [0.29, 0.717) is 17.0 Å². The number of furan rings is 1. The van der Waals surface area contributed by atoms with Gasteiger partial charge in [0.05, 0.1) is 5.56 Å². The first-order chi connectivity index (χ1) is 9.13. The molecule has 0 bridgehead atoms. The summed E-state index contributed by atoms with van der Waals surface area (Å²) in [4.78, 5) is 15.9. The van der Waals surface area contributed by atoms with Crippen LogP contribution in [-0.2, 0) is 9.53 Å². The summed E-state index contributed by atoms with van der Waals surface area (Å²) in [5, 5.41) is 5.55. The van der Waals surface area contributed by atoms with Crippen molar-refractivity contribution >= 4 is 29.5 Å². The van der Waals surface area contributed by atoms with Crippen LogP contribution in [0.5, 0.6) is 0 Å². The van der Waals surface area contributed by atoms with Gasteiger partial charge in [-0.3, -0.25) is 0 Å². The molecule has 6 nitrogen and oxygen atoms in total. The first-order valence-corrected chi connectivity index (χ1v) is 6.34. The average Bonchev–Trinajstić information content (AvgIpc) is 3.03. The molecule has 96 valence electrons. The number of carbonyl (C=O) groups is 1. The normalized spacial score (nSPS) is 16.8. The molecule has 0 spiro atoms. The Hall–Kier alpha value is -2.28. The number of cyclic esters (lactones) is 1. The zero-order valence-electron chi connectivity index (χ0n) is 10.2. The van der Waals surface area contributed by atoms with Crippen LogP contribution >= 0.6 is 11.5 Å². The number of carbonyl (C=O) groups excluding carboxylic acids is 1. The summed E-state index contributed by atoms with van der Waals surface area (Å²) in [6, 6.07) is 1.79. The largest absolute Gasteiger partial charge is 0.466 e. The number of rotatable bonds is 2. The molecule has 0 N–H and O–H groups in total. The minimum Gasteiger partial charge on any atom is -0.466 e. The third-order valence-electron chi connectivity index (χ3n) is 2.55. The molecule has 0 radical (unpaired) electrons. The Morgan fingerprint density at radius 3 is 2.84 bits per heavy atom. The van der Waals surface area contributed by atoms with Gasteiger partial charge in [-0.05, 0) is 37.5 Å². The van der Waals surface area contributed by atoms with Gasteiger partial charge in [0, 0.05) is 5.38 Å². The van der Waals surface area contributed by atoms with Gasteiger partial charge < -0.3 is 9.15 Å². The SMILES string of the molecule is Cc1cc(C2=NC(=Cc3csnn3)C(=O)O2)c(C)o1. The van der Waals surface area contributed by atoms with Crippen molar-refractivity contribution in [1.82, 2.24) is 9.59 Å². The van der Waals surface area contributed by atoms with E-state index in [-0.39, 0.29) is 11.6 Å². The summed E-state index contributed by atoms with van der Waals surface area (Å²) in [7, 11) is 0. The zero-order valence-corrected chi connectivity index (χ0v) is 11.0. The Morgan fingerprint density at radius 2 is 2.21 bits per heavy atom. The second-order valence-electron chi connectivity index (χ2n) is 3.99. The Labute approximate surface area is 112 Å². The second-order valence-corrected chi connectivity index (χ2v) is 4.60. The molecule has 0 saturated heterocycles. The minimum atomic E-state index is -0.499. The average molecular weight is 275 g/mol. The van der Waals surface area contributed by atoms with Crippen LogP contribution in [0, 0.1) is 13.8 Å². The molecule has 0 aromatic carbocycles. The van der Waals surface area contributed by atoms with Gasteiger partial charge in [0.15, 0.2) is 5.70 Å². The van der Waals surface area contributed by atoms with Crippen molar-refractivity contribution in [3.8, 4) is 0 Å². The fourth-order valence-electron chi connectivity index (χ4n) is 1.74. The Bertz CT molecular complexity index is 698. The Balaban J connectivity index is 1.98. The molecule has 7 heteroatoms. The van der Waals surface area contributed by atoms with Gasteiger partial charge in [-0.1, -0.05) is 4.49 Å². The fraction of sp³-hybridized carbons (Fsp3) is 0.167. The predicted octanol–water partition coefficient (Wildman–Crippen LogP) is 2.09. The summed E-state index contributed by atoms with van der Waals surface area (Å²) in [6.45, 7) is 3.62. The van der Waals surface area contributed by atoms with Crippen molar-refractivity contribution in [1.29, 1.82) is 0 Å². The van der Waals surface area contributed by atoms with Crippen LogP contribution in [0.4, 0.5) is 0 Å². The van der Waals surface area contributed by atoms with E-state index in [4.69, 9.17) is 9.15 Å². The molecule has 0 aliphatic carbocycles. The number of esters is 1. The van der Waals surface area contributed by atoms with Crippen LogP contribution in [0.2, 0.25) is 0 Å². The van der Waals surface area contributed by atoms with Gasteiger partial charge in [-0.2, -0.15) is 0 Å². The fourth-order valence-corrected chi connectivity index (χ4v) is 2.15. The monoisotopic (exact) mass is 275 g/mol. The van der Waals surface area contributed by atoms with Crippen molar-refractivity contribution in [3.05, 3.63) is 39.9 Å². The molecule has 1 aliphatic heterocycles. The maximum Gasteiger partial charge on any atom is 0.363 e. The summed E-state index contributed by atoms with van der Waals surface area (Å²) in [6.07, 6.45) is 1.54. The number of aliphatic imine (C=N–C) groups is 1. The standard InChI is InChI=1S/C12H9N3O3S/c1-6-3-9(7(2)17-6)11-13-10(12(16)18-11)4-8-5-19-15-14-8/h3-5H,1-2H3. The van der Waals surface area contributed by atoms with Gasteiger partial charge in [-0.15, -0.1) is 5.10 Å². The Morgan fingerprint density at radius 1 is 1.37 bits per heavy atom. The van der Waals surface area contributed by atoms with E-state index >= 15 is 0 Å². The maximum absolute atomic E-state index is 11.7. The van der Waals surface area contributed by atoms with Crippen LogP contribution in [0.15, 0.2) is 26.6 Å². The molecule has 0 unspecified atom stereocenters. The van der Waals surface area contributed by atoms with Crippen LogP contribution in [0.1, 0.15) is 22.8 Å². The first kappa shape index (κ1) is 11.8. The molecule has 1 aliphatic rings. The Kier molecular flexibility index (Phi) is 2.75. The van der Waals surface area contributed by atoms with E-state index in [0.717, 1.165) is 5.76 Å². The summed E-state index contributed by atoms with van der Waals surface area (Å²) >= 11 is 1.21. The second kappa shape index (κ2) is 4.43. The highest BCUT2D eigenvalue weighted by molar-refractivity contribution is 7.03. The van der Waals surface area contributed by atoms with Crippen molar-refractivity contribution < 1.29 is 13.9 Å². The molecule has 2 aromatic heterocycles. The number of hydrogen-bond donors (Lipinski definition) is 0. The van der Waals surface area contributed by atoms with Crippen LogP contribution in [0.25, 0.3) is 6.08 Å². The minimum absolute atomic E-state index is 0.209. The predicted molar refractivity (Wildman–Crippen MR) is 68.7 cm³/mol. The highest BCUT2D eigenvalue weighted by Gasteiger charge is 2.26. The molecule has 0 saturated carbocycles. The number of hydrogen-bond acceptors (Lipinski definition) is 7. The van der Waals surface area contributed by atoms with E-state index < -0.39 is 5.97 Å². The highest BCUT2D eigenvalue weighted by Crippen LogP contribution is 2.22. The van der Waals surface area contributed by atoms with Gasteiger partial charge in [0.1, 0.15) is 17.2 Å². The molecular formula is C12H9N3O3S. The van der Waals surface area contributed by atoms with E-state index in [1.807, 2.05) is 6.92 Å². The van der Waals surface area contributed by atoms with Crippen LogP contribution in [0.3, 0.4) is 0 Å². The van der Waals surface area contributed by atoms with E-state index in [1.165, 1.54) is 11.5 Å². The summed E-state index contributed by atoms with van der Waals surface area (Å²) in [5.41, 5.74) is 1.48. The maximum atomic E-state index is 11.7. The van der Waals surface area contributed by atoms with E-state index in [9.17, 15) is 4.79 Å². The molecule has 0 fully saturated rings. The van der Waals surface area contributed by atoms with Crippen molar-refractivity contribution in [3.63, 3.8) is 0 Å². The van der Waals surface area contributed by atoms with Gasteiger partial charge in [0.25, 0.3) is 0 Å². The quantitative estimate of drug-likeness (QED) is 0.619. The summed E-state index contributed by atoms with van der Waals surface area (Å²) in [5.74, 6) is 1.17. The number of aromatic nitrogens is 2. The summed E-state index contributed by atoms with van der Waals surface area (Å²) < 4.78 is 14.2. The van der Waals surface area contributed by atoms with Crippen molar-refractivity contribution in [2.75, 3.05) is 0 Å². The molecule has 3 rings (SSSR count). The lowest BCUT2D eigenvalue weighted by molar-refractivity contribution is -0.129. The lowest BCUT2D eigenvalue weighted by Crippen LogP contribution is -2.05. The molecular weight excluding hydrogens is 266 g/mol. The number of nitrogens with zero attached hydrogens (tertiary/aromatic N) is 3. The topological polar surface area (TPSA) is 77.6 Å². The lowest BCUT2D eigenvalue weighted by atomic mass is 10.2. The number of aryl methyl sites for hydroxylation is 2. The smallest absolute Gasteiger partial charge is 0.363 e. The van der Waals surface area contributed by atoms with Crippen molar-refractivity contribution in [2.45, 2.75) is 13.8 Å². The molecule has 2 aromatic rings. The molecule has 0 atom stereocenters. The highest BCUT2D eigenvalue weighted by atomic mass is 32.1. The molecule has 0 amide bonds. The molecule has 19 heavy (non-hydrogen) atoms. The number of ether oxygens (including phenoxy) is 1. The van der Waals surface area contributed by atoms with E-state index in [1.54, 1.807) is 24.4 Å². The molecule has 3 heterocycles. The third-order valence-corrected chi connectivity index (χ3v) is 3.08. The van der Waals surface area contributed by atoms with Crippen LogP contribution < -0.4 is 0 Å². The van der Waals surface area contributed by atoms with E-state index in [2.05, 4.69) is 14.6 Å².